The predicted octanol–water partition coefficient (Wildman–Crippen LogP) is 4.10. The Hall–Kier alpha value is -1.33. The fourth-order valence-electron chi connectivity index (χ4n) is 3.68. The molecule has 2 aromatic rings. The smallest absolute Gasteiger partial charge is 0.253 e. The average Bonchev–Trinajstić information content (AvgIpc) is 2.77. The molecule has 0 bridgehead atoms. The van der Waals surface area contributed by atoms with Crippen LogP contribution in [0.15, 0.2) is 28.9 Å². The minimum atomic E-state index is -0.0148. The lowest BCUT2D eigenvalue weighted by Crippen LogP contribution is -2.29. The average molecular weight is 393 g/mol. The van der Waals surface area contributed by atoms with Crippen molar-refractivity contribution in [1.82, 2.24) is 9.88 Å². The molecule has 1 aliphatic rings. The van der Waals surface area contributed by atoms with Gasteiger partial charge in [-0.15, -0.1) is 0 Å². The fraction of sp³-hybridized carbons (Fsp3) is 0.526. The summed E-state index contributed by atoms with van der Waals surface area (Å²) >= 11 is 3.56. The van der Waals surface area contributed by atoms with Crippen molar-refractivity contribution in [2.24, 2.45) is 5.92 Å². The topological polar surface area (TPSA) is 54.3 Å². The molecule has 1 aliphatic carbocycles. The largest absolute Gasteiger partial charge is 0.395 e. The number of para-hydroxylation sites is 1. The molecular weight excluding hydrogens is 368 g/mol. The summed E-state index contributed by atoms with van der Waals surface area (Å²) in [6.07, 6.45) is 9.51. The van der Waals surface area contributed by atoms with Crippen LogP contribution in [0.3, 0.4) is 0 Å². The quantitative estimate of drug-likeness (QED) is 0.752. The Morgan fingerprint density at radius 1 is 1.25 bits per heavy atom. The first-order valence-electron chi connectivity index (χ1n) is 8.87. The van der Waals surface area contributed by atoms with E-state index in [4.69, 9.17) is 0 Å². The van der Waals surface area contributed by atoms with Gasteiger partial charge in [-0.05, 0) is 40.8 Å². The number of halogens is 1. The summed E-state index contributed by atoms with van der Waals surface area (Å²) in [5.41, 5.74) is 1.65. The van der Waals surface area contributed by atoms with Crippen LogP contribution in [0.4, 0.5) is 0 Å². The zero-order valence-corrected chi connectivity index (χ0v) is 15.5. The maximum absolute atomic E-state index is 12.7. The third-order valence-corrected chi connectivity index (χ3v) is 5.60. The maximum Gasteiger partial charge on any atom is 0.253 e. The van der Waals surface area contributed by atoms with Crippen LogP contribution in [0.25, 0.3) is 10.9 Å². The van der Waals surface area contributed by atoms with E-state index in [0.29, 0.717) is 18.0 Å². The number of benzene rings is 1. The zero-order valence-electron chi connectivity index (χ0n) is 13.9. The monoisotopic (exact) mass is 392 g/mol. The molecule has 1 heterocycles. The van der Waals surface area contributed by atoms with Crippen molar-refractivity contribution in [2.75, 3.05) is 13.2 Å². The van der Waals surface area contributed by atoms with Gasteiger partial charge >= 0.3 is 0 Å². The molecule has 0 atom stereocenters. The Balaban J connectivity index is 1.78. The number of hydrogen-bond donors (Lipinski definition) is 2. The van der Waals surface area contributed by atoms with Crippen LogP contribution >= 0.6 is 15.9 Å². The van der Waals surface area contributed by atoms with Gasteiger partial charge in [-0.3, -0.25) is 4.79 Å². The molecule has 4 nitrogen and oxygen atoms in total. The summed E-state index contributed by atoms with van der Waals surface area (Å²) in [6.45, 7) is 1.29. The van der Waals surface area contributed by atoms with Crippen LogP contribution in [0, 0.1) is 5.92 Å². The molecule has 2 N–H and O–H groups in total. The van der Waals surface area contributed by atoms with Gasteiger partial charge in [0, 0.05) is 29.1 Å². The summed E-state index contributed by atoms with van der Waals surface area (Å²) in [5.74, 6) is 0.591. The number of carbonyl (C=O) groups excluding carboxylic acids is 1. The van der Waals surface area contributed by atoms with E-state index in [1.165, 1.54) is 38.5 Å². The third-order valence-electron chi connectivity index (χ3n) is 4.96. The Kier molecular flexibility index (Phi) is 5.95. The van der Waals surface area contributed by atoms with Crippen molar-refractivity contribution >= 4 is 32.7 Å². The van der Waals surface area contributed by atoms with E-state index in [1.54, 1.807) is 0 Å². The number of amides is 1. The first kappa shape index (κ1) is 17.5. The summed E-state index contributed by atoms with van der Waals surface area (Å²) in [6, 6.07) is 5.87. The molecular formula is C19H25BrN2O2. The summed E-state index contributed by atoms with van der Waals surface area (Å²) in [7, 11) is 0. The van der Waals surface area contributed by atoms with E-state index < -0.39 is 0 Å². The molecule has 24 heavy (non-hydrogen) atoms. The number of aliphatic hydroxyl groups excluding tert-OH is 1. The molecule has 0 aliphatic heterocycles. The number of nitrogens with zero attached hydrogens (tertiary/aromatic N) is 1. The minimum absolute atomic E-state index is 0.0148. The van der Waals surface area contributed by atoms with Crippen LogP contribution in [0.5, 0.6) is 0 Å². The summed E-state index contributed by atoms with van der Waals surface area (Å²) in [5, 5.41) is 13.3. The first-order valence-corrected chi connectivity index (χ1v) is 9.66. The van der Waals surface area contributed by atoms with Gasteiger partial charge in [0.15, 0.2) is 0 Å². The van der Waals surface area contributed by atoms with Crippen LogP contribution in [-0.4, -0.2) is 28.7 Å². The molecule has 1 amide bonds. The molecule has 0 radical (unpaired) electrons. The highest BCUT2D eigenvalue weighted by molar-refractivity contribution is 9.10. The number of aromatic nitrogens is 1. The molecule has 0 unspecified atom stereocenters. The highest BCUT2D eigenvalue weighted by Gasteiger charge is 2.18. The van der Waals surface area contributed by atoms with Crippen molar-refractivity contribution in [1.29, 1.82) is 0 Å². The van der Waals surface area contributed by atoms with E-state index in [0.717, 1.165) is 21.9 Å². The van der Waals surface area contributed by atoms with Gasteiger partial charge in [-0.2, -0.15) is 0 Å². The first-order chi connectivity index (χ1) is 11.7. The van der Waals surface area contributed by atoms with E-state index in [-0.39, 0.29) is 12.5 Å². The van der Waals surface area contributed by atoms with Crippen LogP contribution in [-0.2, 0) is 6.54 Å². The second-order valence-electron chi connectivity index (χ2n) is 6.66. The second kappa shape index (κ2) is 8.17. The van der Waals surface area contributed by atoms with Crippen LogP contribution in [0.2, 0.25) is 0 Å². The number of hydrogen-bond acceptors (Lipinski definition) is 2. The van der Waals surface area contributed by atoms with Gasteiger partial charge in [0.2, 0.25) is 0 Å². The molecule has 1 aromatic carbocycles. The predicted molar refractivity (Wildman–Crippen MR) is 100 cm³/mol. The van der Waals surface area contributed by atoms with Crippen LogP contribution < -0.4 is 5.32 Å². The SMILES string of the molecule is O=C(NCC1CCCCCC1)c1cn(CCO)c2c(Br)cccc12. The van der Waals surface area contributed by atoms with Crippen molar-refractivity contribution < 1.29 is 9.90 Å². The van der Waals surface area contributed by atoms with Gasteiger partial charge < -0.3 is 15.0 Å². The minimum Gasteiger partial charge on any atom is -0.395 e. The van der Waals surface area contributed by atoms with E-state index in [9.17, 15) is 9.90 Å². The number of aliphatic hydroxyl groups is 1. The lowest BCUT2D eigenvalue weighted by molar-refractivity contribution is 0.0947. The fourth-order valence-corrected chi connectivity index (χ4v) is 4.27. The Labute approximate surface area is 151 Å². The Bertz CT molecular complexity index is 703. The van der Waals surface area contributed by atoms with Gasteiger partial charge in [0.1, 0.15) is 0 Å². The molecule has 0 spiro atoms. The number of fused-ring (bicyclic) bond motifs is 1. The van der Waals surface area contributed by atoms with Gasteiger partial charge in [0.25, 0.3) is 5.91 Å². The molecule has 0 saturated heterocycles. The lowest BCUT2D eigenvalue weighted by atomic mass is 10.0. The standard InChI is InChI=1S/C19H25BrN2O2/c20-17-9-5-8-15-16(13-22(10-11-23)18(15)17)19(24)21-12-14-6-3-1-2-4-7-14/h5,8-9,13-14,23H,1-4,6-7,10-12H2,(H,21,24). The van der Waals surface area contributed by atoms with Crippen molar-refractivity contribution in [3.8, 4) is 0 Å². The highest BCUT2D eigenvalue weighted by atomic mass is 79.9. The zero-order chi connectivity index (χ0) is 16.9. The number of carbonyl (C=O) groups is 1. The molecule has 1 aromatic heterocycles. The maximum atomic E-state index is 12.7. The lowest BCUT2D eigenvalue weighted by Gasteiger charge is -2.14. The van der Waals surface area contributed by atoms with E-state index >= 15 is 0 Å². The molecule has 3 rings (SSSR count). The van der Waals surface area contributed by atoms with Crippen molar-refractivity contribution in [3.63, 3.8) is 0 Å². The number of rotatable bonds is 5. The summed E-state index contributed by atoms with van der Waals surface area (Å²) in [4.78, 5) is 12.7. The normalized spacial score (nSPS) is 16.2. The Morgan fingerprint density at radius 2 is 2.00 bits per heavy atom. The molecule has 130 valence electrons. The van der Waals surface area contributed by atoms with Crippen molar-refractivity contribution in [2.45, 2.75) is 45.1 Å². The third kappa shape index (κ3) is 3.83. The van der Waals surface area contributed by atoms with Crippen LogP contribution in [0.1, 0.15) is 48.9 Å². The summed E-state index contributed by atoms with van der Waals surface area (Å²) < 4.78 is 2.89. The van der Waals surface area contributed by atoms with Gasteiger partial charge in [0.05, 0.1) is 17.7 Å². The number of nitrogens with one attached hydrogen (secondary N) is 1. The second-order valence-corrected chi connectivity index (χ2v) is 7.52. The molecule has 1 saturated carbocycles. The molecule has 5 heteroatoms. The van der Waals surface area contributed by atoms with Gasteiger partial charge in [-0.1, -0.05) is 37.8 Å². The van der Waals surface area contributed by atoms with Gasteiger partial charge in [-0.25, -0.2) is 0 Å². The highest BCUT2D eigenvalue weighted by Crippen LogP contribution is 2.29. The van der Waals surface area contributed by atoms with E-state index in [1.807, 2.05) is 29.0 Å². The molecule has 1 fully saturated rings. The van der Waals surface area contributed by atoms with E-state index in [2.05, 4.69) is 21.2 Å². The van der Waals surface area contributed by atoms with Crippen molar-refractivity contribution in [3.05, 3.63) is 34.4 Å². The Morgan fingerprint density at radius 3 is 2.71 bits per heavy atom.